The summed E-state index contributed by atoms with van der Waals surface area (Å²) in [5.74, 6) is 2.12. The predicted molar refractivity (Wildman–Crippen MR) is 123 cm³/mol. The second-order valence-electron chi connectivity index (χ2n) is 7.97. The number of aliphatic imine (C=N–C) groups is 1. The summed E-state index contributed by atoms with van der Waals surface area (Å²) in [5.41, 5.74) is 0. The number of piperazine rings is 1. The van der Waals surface area contributed by atoms with Gasteiger partial charge in [0.25, 0.3) is 5.91 Å². The Kier molecular flexibility index (Phi) is 8.65. The van der Waals surface area contributed by atoms with Gasteiger partial charge < -0.3 is 24.3 Å². The number of hydrogen-bond donors (Lipinski definition) is 1. The van der Waals surface area contributed by atoms with Crippen LogP contribution in [0.5, 0.6) is 0 Å². The Morgan fingerprint density at radius 3 is 2.52 bits per heavy atom. The highest BCUT2D eigenvalue weighted by molar-refractivity contribution is 14.0. The molecule has 3 aliphatic rings. The van der Waals surface area contributed by atoms with Crippen LogP contribution in [0.1, 0.15) is 44.3 Å². The molecule has 1 aromatic rings. The highest BCUT2D eigenvalue weighted by atomic mass is 127. The molecule has 29 heavy (non-hydrogen) atoms. The average molecular weight is 516 g/mol. The zero-order chi connectivity index (χ0) is 19.2. The first-order chi connectivity index (χ1) is 13.8. The third-order valence-corrected chi connectivity index (χ3v) is 5.98. The Hall–Kier alpha value is -1.29. The lowest BCUT2D eigenvalue weighted by atomic mass is 10.2. The van der Waals surface area contributed by atoms with Crippen LogP contribution in [-0.2, 0) is 16.0 Å². The Morgan fingerprint density at radius 1 is 1.10 bits per heavy atom. The molecule has 1 unspecified atom stereocenters. The summed E-state index contributed by atoms with van der Waals surface area (Å²) in [7, 11) is 0. The van der Waals surface area contributed by atoms with Crippen LogP contribution in [0.3, 0.4) is 0 Å². The zero-order valence-electron chi connectivity index (χ0n) is 17.1. The Morgan fingerprint density at radius 2 is 1.86 bits per heavy atom. The molecule has 1 atom stereocenters. The van der Waals surface area contributed by atoms with Gasteiger partial charge in [-0.1, -0.05) is 12.8 Å². The second-order valence-corrected chi connectivity index (χ2v) is 7.97. The van der Waals surface area contributed by atoms with Gasteiger partial charge in [-0.15, -0.1) is 24.0 Å². The van der Waals surface area contributed by atoms with Crippen LogP contribution in [-0.4, -0.2) is 73.1 Å². The summed E-state index contributed by atoms with van der Waals surface area (Å²) in [6.45, 7) is 4.53. The molecule has 7 nitrogen and oxygen atoms in total. The third-order valence-electron chi connectivity index (χ3n) is 5.98. The molecular formula is C21H33IN4O3. The minimum atomic E-state index is -0.218. The van der Waals surface area contributed by atoms with Crippen molar-refractivity contribution in [1.82, 2.24) is 15.1 Å². The number of guanidine groups is 1. The second kappa shape index (κ2) is 11.2. The van der Waals surface area contributed by atoms with Gasteiger partial charge in [-0.05, 0) is 37.8 Å². The highest BCUT2D eigenvalue weighted by Gasteiger charge is 2.31. The maximum Gasteiger partial charge on any atom is 0.251 e. The molecule has 1 aliphatic carbocycles. The molecule has 2 saturated heterocycles. The lowest BCUT2D eigenvalue weighted by Crippen LogP contribution is -2.56. The standard InChI is InChI=1S/C21H32N4O3.HI/c26-20(19-8-4-16-28-19)24-11-13-25(14-12-24)21(23-17-5-1-2-6-17)22-10-9-18-7-3-15-27-18;/h3,7,15,17,19H,1-2,4-6,8-14,16H2,(H,22,23);1H. The minimum Gasteiger partial charge on any atom is -0.469 e. The van der Waals surface area contributed by atoms with Gasteiger partial charge in [0, 0.05) is 51.8 Å². The lowest BCUT2D eigenvalue weighted by Gasteiger charge is -2.38. The number of nitrogens with one attached hydrogen (secondary N) is 1. The van der Waals surface area contributed by atoms with E-state index in [1.54, 1.807) is 6.26 Å². The molecule has 162 valence electrons. The molecule has 2 aliphatic heterocycles. The van der Waals surface area contributed by atoms with E-state index in [-0.39, 0.29) is 36.0 Å². The van der Waals surface area contributed by atoms with E-state index in [9.17, 15) is 4.79 Å². The summed E-state index contributed by atoms with van der Waals surface area (Å²) in [4.78, 5) is 21.7. The lowest BCUT2D eigenvalue weighted by molar-refractivity contribution is -0.142. The summed E-state index contributed by atoms with van der Waals surface area (Å²) < 4.78 is 11.0. The van der Waals surface area contributed by atoms with Crippen molar-refractivity contribution >= 4 is 35.8 Å². The van der Waals surface area contributed by atoms with Gasteiger partial charge in [0.05, 0.1) is 6.26 Å². The summed E-state index contributed by atoms with van der Waals surface area (Å²) in [6, 6.07) is 4.43. The smallest absolute Gasteiger partial charge is 0.251 e. The monoisotopic (exact) mass is 516 g/mol. The van der Waals surface area contributed by atoms with Gasteiger partial charge in [0.2, 0.25) is 0 Å². The first-order valence-electron chi connectivity index (χ1n) is 10.8. The Balaban J connectivity index is 0.00000240. The van der Waals surface area contributed by atoms with Gasteiger partial charge in [-0.2, -0.15) is 0 Å². The fraction of sp³-hybridized carbons (Fsp3) is 0.714. The summed E-state index contributed by atoms with van der Waals surface area (Å²) in [5, 5.41) is 3.68. The number of amides is 1. The van der Waals surface area contributed by atoms with Crippen LogP contribution >= 0.6 is 24.0 Å². The van der Waals surface area contributed by atoms with Crippen molar-refractivity contribution in [3.05, 3.63) is 24.2 Å². The Bertz CT molecular complexity index is 647. The van der Waals surface area contributed by atoms with E-state index in [2.05, 4.69) is 10.2 Å². The van der Waals surface area contributed by atoms with Gasteiger partial charge in [0.15, 0.2) is 5.96 Å². The van der Waals surface area contributed by atoms with E-state index in [0.717, 1.165) is 57.2 Å². The molecule has 1 N–H and O–H groups in total. The molecular weight excluding hydrogens is 483 g/mol. The molecule has 1 amide bonds. The van der Waals surface area contributed by atoms with Crippen LogP contribution in [0, 0.1) is 0 Å². The molecule has 0 spiro atoms. The summed E-state index contributed by atoms with van der Waals surface area (Å²) in [6.07, 6.45) is 9.17. The fourth-order valence-corrected chi connectivity index (χ4v) is 4.33. The van der Waals surface area contributed by atoms with E-state index in [4.69, 9.17) is 14.1 Å². The number of rotatable bonds is 5. The summed E-state index contributed by atoms with van der Waals surface area (Å²) >= 11 is 0. The van der Waals surface area contributed by atoms with E-state index >= 15 is 0 Å². The van der Waals surface area contributed by atoms with Crippen molar-refractivity contribution in [2.45, 2.75) is 57.1 Å². The molecule has 0 aromatic carbocycles. The average Bonchev–Trinajstić information content (AvgIpc) is 3.50. The SMILES string of the molecule is I.O=C(C1CCCO1)N1CCN(C(=NCCc2ccco2)NC2CCCC2)CC1. The maximum absolute atomic E-state index is 12.6. The van der Waals surface area contributed by atoms with Crippen molar-refractivity contribution in [1.29, 1.82) is 0 Å². The van der Waals surface area contributed by atoms with Gasteiger partial charge in [-0.25, -0.2) is 0 Å². The van der Waals surface area contributed by atoms with Crippen LogP contribution < -0.4 is 5.32 Å². The highest BCUT2D eigenvalue weighted by Crippen LogP contribution is 2.19. The van der Waals surface area contributed by atoms with Crippen LogP contribution in [0.4, 0.5) is 0 Å². The zero-order valence-corrected chi connectivity index (χ0v) is 19.4. The van der Waals surface area contributed by atoms with Crippen molar-refractivity contribution in [2.24, 2.45) is 4.99 Å². The topological polar surface area (TPSA) is 70.3 Å². The molecule has 0 bridgehead atoms. The van der Waals surface area contributed by atoms with Crippen molar-refractivity contribution < 1.29 is 13.9 Å². The number of halogens is 1. The van der Waals surface area contributed by atoms with Crippen LogP contribution in [0.15, 0.2) is 27.8 Å². The Labute approximate surface area is 190 Å². The van der Waals surface area contributed by atoms with E-state index in [0.29, 0.717) is 19.2 Å². The van der Waals surface area contributed by atoms with Gasteiger partial charge in [-0.3, -0.25) is 9.79 Å². The van der Waals surface area contributed by atoms with Crippen molar-refractivity contribution in [3.8, 4) is 0 Å². The van der Waals surface area contributed by atoms with E-state index in [1.807, 2.05) is 17.0 Å². The molecule has 1 aromatic heterocycles. The normalized spacial score (nSPS) is 23.3. The van der Waals surface area contributed by atoms with Crippen LogP contribution in [0.2, 0.25) is 0 Å². The minimum absolute atomic E-state index is 0. The quantitative estimate of drug-likeness (QED) is 0.370. The molecule has 3 heterocycles. The van der Waals surface area contributed by atoms with Crippen molar-refractivity contribution in [2.75, 3.05) is 39.3 Å². The van der Waals surface area contributed by atoms with E-state index < -0.39 is 0 Å². The number of hydrogen-bond acceptors (Lipinski definition) is 4. The molecule has 0 radical (unpaired) electrons. The molecule has 1 saturated carbocycles. The molecule has 4 rings (SSSR count). The molecule has 3 fully saturated rings. The number of carbonyl (C=O) groups excluding carboxylic acids is 1. The maximum atomic E-state index is 12.6. The fourth-order valence-electron chi connectivity index (χ4n) is 4.33. The number of nitrogens with zero attached hydrogens (tertiary/aromatic N) is 3. The number of carbonyl (C=O) groups is 1. The van der Waals surface area contributed by atoms with Gasteiger partial charge >= 0.3 is 0 Å². The first-order valence-corrected chi connectivity index (χ1v) is 10.8. The number of ether oxygens (including phenoxy) is 1. The molecule has 8 heteroatoms. The predicted octanol–water partition coefficient (Wildman–Crippen LogP) is 2.65. The van der Waals surface area contributed by atoms with Crippen molar-refractivity contribution in [3.63, 3.8) is 0 Å². The first kappa shape index (κ1) is 22.4. The van der Waals surface area contributed by atoms with Gasteiger partial charge in [0.1, 0.15) is 11.9 Å². The van der Waals surface area contributed by atoms with Crippen LogP contribution in [0.25, 0.3) is 0 Å². The number of furan rings is 1. The van der Waals surface area contributed by atoms with E-state index in [1.165, 1.54) is 25.7 Å². The largest absolute Gasteiger partial charge is 0.469 e. The third kappa shape index (κ3) is 6.10.